The van der Waals surface area contributed by atoms with E-state index in [0.717, 1.165) is 19.6 Å². The van der Waals surface area contributed by atoms with Crippen LogP contribution in [0.4, 0.5) is 0 Å². The van der Waals surface area contributed by atoms with E-state index in [1.165, 1.54) is 83.8 Å². The Balaban J connectivity index is 2.91. The summed E-state index contributed by atoms with van der Waals surface area (Å²) in [6.45, 7) is 6.91. The molecule has 4 N–H and O–H groups in total. The number of unbranched alkanes of at least 4 members (excludes halogenated alkanes) is 8. The van der Waals surface area contributed by atoms with Crippen molar-refractivity contribution in [2.75, 3.05) is 53.4 Å². The molecule has 0 atom stereocenters. The topological polar surface area (TPSA) is 48.1 Å². The standard InChI is InChI=1S/C18H42N4/c1-19-13-9-5-3-4-6-11-15-21-17-18-22-16-12-8-7-10-14-20-2/h19-22H,3-18H2,1-2H3. The van der Waals surface area contributed by atoms with E-state index in [4.69, 9.17) is 0 Å². The van der Waals surface area contributed by atoms with E-state index in [9.17, 15) is 0 Å². The van der Waals surface area contributed by atoms with E-state index < -0.39 is 0 Å². The molecule has 0 fully saturated rings. The molecule has 4 nitrogen and oxygen atoms in total. The van der Waals surface area contributed by atoms with Crippen molar-refractivity contribution in [3.63, 3.8) is 0 Å². The molecule has 0 aromatic carbocycles. The molecule has 0 aliphatic rings. The highest BCUT2D eigenvalue weighted by Crippen LogP contribution is 2.04. The summed E-state index contributed by atoms with van der Waals surface area (Å²) < 4.78 is 0. The third-order valence-corrected chi connectivity index (χ3v) is 4.04. The summed E-state index contributed by atoms with van der Waals surface area (Å²) in [4.78, 5) is 0. The van der Waals surface area contributed by atoms with Gasteiger partial charge in [-0.25, -0.2) is 0 Å². The van der Waals surface area contributed by atoms with E-state index in [0.29, 0.717) is 0 Å². The van der Waals surface area contributed by atoms with Gasteiger partial charge in [0.15, 0.2) is 0 Å². The van der Waals surface area contributed by atoms with Gasteiger partial charge in [-0.2, -0.15) is 0 Å². The highest BCUT2D eigenvalue weighted by Gasteiger charge is 1.93. The van der Waals surface area contributed by atoms with Crippen LogP contribution in [0.3, 0.4) is 0 Å². The predicted molar refractivity (Wildman–Crippen MR) is 99.8 cm³/mol. The zero-order chi connectivity index (χ0) is 16.1. The fourth-order valence-corrected chi connectivity index (χ4v) is 2.59. The molecule has 0 aromatic rings. The molecule has 22 heavy (non-hydrogen) atoms. The molecule has 134 valence electrons. The third kappa shape index (κ3) is 19.8. The van der Waals surface area contributed by atoms with Crippen molar-refractivity contribution in [3.05, 3.63) is 0 Å². The Bertz CT molecular complexity index is 168. The summed E-state index contributed by atoms with van der Waals surface area (Å²) in [6.07, 6.45) is 13.6. The number of nitrogens with one attached hydrogen (secondary N) is 4. The lowest BCUT2D eigenvalue weighted by Crippen LogP contribution is -2.28. The molecule has 0 saturated carbocycles. The first-order chi connectivity index (χ1) is 10.9. The minimum absolute atomic E-state index is 1.11. The van der Waals surface area contributed by atoms with Crippen molar-refractivity contribution in [3.8, 4) is 0 Å². The molecule has 0 aromatic heterocycles. The van der Waals surface area contributed by atoms with Gasteiger partial charge >= 0.3 is 0 Å². The van der Waals surface area contributed by atoms with Gasteiger partial charge in [0.2, 0.25) is 0 Å². The van der Waals surface area contributed by atoms with Crippen molar-refractivity contribution < 1.29 is 0 Å². The van der Waals surface area contributed by atoms with Crippen LogP contribution in [0.25, 0.3) is 0 Å². The molecule has 0 spiro atoms. The second-order valence-corrected chi connectivity index (χ2v) is 6.24. The Hall–Kier alpha value is -0.160. The number of hydrogen-bond donors (Lipinski definition) is 4. The van der Waals surface area contributed by atoms with Gasteiger partial charge in [0.05, 0.1) is 0 Å². The lowest BCUT2D eigenvalue weighted by atomic mass is 10.1. The lowest BCUT2D eigenvalue weighted by Gasteiger charge is -2.07. The van der Waals surface area contributed by atoms with Crippen LogP contribution in [0, 0.1) is 0 Å². The average Bonchev–Trinajstić information content (AvgIpc) is 2.54. The van der Waals surface area contributed by atoms with E-state index in [2.05, 4.69) is 21.3 Å². The van der Waals surface area contributed by atoms with Crippen LogP contribution in [-0.2, 0) is 0 Å². The van der Waals surface area contributed by atoms with Gasteiger partial charge in [-0.05, 0) is 66.0 Å². The first-order valence-corrected chi connectivity index (χ1v) is 9.62. The van der Waals surface area contributed by atoms with Gasteiger partial charge in [-0.15, -0.1) is 0 Å². The van der Waals surface area contributed by atoms with Crippen LogP contribution in [-0.4, -0.2) is 53.4 Å². The van der Waals surface area contributed by atoms with Crippen molar-refractivity contribution in [2.45, 2.75) is 64.2 Å². The summed E-state index contributed by atoms with van der Waals surface area (Å²) in [5.41, 5.74) is 0. The summed E-state index contributed by atoms with van der Waals surface area (Å²) in [5.74, 6) is 0. The van der Waals surface area contributed by atoms with Crippen LogP contribution in [0.2, 0.25) is 0 Å². The quantitative estimate of drug-likeness (QED) is 0.277. The van der Waals surface area contributed by atoms with Gasteiger partial charge in [-0.1, -0.05) is 38.5 Å². The van der Waals surface area contributed by atoms with Crippen LogP contribution >= 0.6 is 0 Å². The Morgan fingerprint density at radius 3 is 1.05 bits per heavy atom. The van der Waals surface area contributed by atoms with Crippen molar-refractivity contribution in [1.82, 2.24) is 21.3 Å². The van der Waals surface area contributed by atoms with Crippen molar-refractivity contribution >= 4 is 0 Å². The molecule has 0 aliphatic heterocycles. The molecule has 0 amide bonds. The Kier molecular flexibility index (Phi) is 20.7. The number of hydrogen-bond acceptors (Lipinski definition) is 4. The molecule has 0 saturated heterocycles. The van der Waals surface area contributed by atoms with Gasteiger partial charge < -0.3 is 21.3 Å². The van der Waals surface area contributed by atoms with Crippen molar-refractivity contribution in [2.24, 2.45) is 0 Å². The third-order valence-electron chi connectivity index (χ3n) is 4.04. The maximum absolute atomic E-state index is 3.53. The average molecular weight is 315 g/mol. The molecule has 0 unspecified atom stereocenters. The molecule has 0 radical (unpaired) electrons. The normalized spacial score (nSPS) is 11.2. The molecule has 0 aliphatic carbocycles. The van der Waals surface area contributed by atoms with Crippen LogP contribution in [0.5, 0.6) is 0 Å². The molecule has 0 heterocycles. The fraction of sp³-hybridized carbons (Fsp3) is 1.00. The summed E-state index contributed by atoms with van der Waals surface area (Å²) in [7, 11) is 4.06. The van der Waals surface area contributed by atoms with Gasteiger partial charge in [0.1, 0.15) is 0 Å². The van der Waals surface area contributed by atoms with E-state index in [1.807, 2.05) is 14.1 Å². The second kappa shape index (κ2) is 20.8. The molecular formula is C18H42N4. The van der Waals surface area contributed by atoms with Gasteiger partial charge in [0, 0.05) is 13.1 Å². The molecule has 0 bridgehead atoms. The van der Waals surface area contributed by atoms with E-state index in [-0.39, 0.29) is 0 Å². The van der Waals surface area contributed by atoms with Crippen LogP contribution in [0.15, 0.2) is 0 Å². The Morgan fingerprint density at radius 2 is 0.682 bits per heavy atom. The predicted octanol–water partition coefficient (Wildman–Crippen LogP) is 2.51. The highest BCUT2D eigenvalue weighted by molar-refractivity contribution is 4.54. The smallest absolute Gasteiger partial charge is 0.00767 e. The molecule has 4 heteroatoms. The zero-order valence-electron chi connectivity index (χ0n) is 15.3. The maximum Gasteiger partial charge on any atom is 0.00767 e. The van der Waals surface area contributed by atoms with Gasteiger partial charge in [0.25, 0.3) is 0 Å². The van der Waals surface area contributed by atoms with Crippen molar-refractivity contribution in [1.29, 1.82) is 0 Å². The second-order valence-electron chi connectivity index (χ2n) is 6.24. The highest BCUT2D eigenvalue weighted by atomic mass is 14.9. The van der Waals surface area contributed by atoms with Crippen LogP contribution in [0.1, 0.15) is 64.2 Å². The largest absolute Gasteiger partial charge is 0.320 e. The first kappa shape index (κ1) is 21.8. The number of rotatable bonds is 19. The minimum atomic E-state index is 1.11. The van der Waals surface area contributed by atoms with E-state index >= 15 is 0 Å². The zero-order valence-corrected chi connectivity index (χ0v) is 15.3. The van der Waals surface area contributed by atoms with Gasteiger partial charge in [-0.3, -0.25) is 0 Å². The summed E-state index contributed by atoms with van der Waals surface area (Å²) >= 11 is 0. The molecule has 0 rings (SSSR count). The monoisotopic (exact) mass is 314 g/mol. The van der Waals surface area contributed by atoms with E-state index in [1.54, 1.807) is 0 Å². The Morgan fingerprint density at radius 1 is 0.364 bits per heavy atom. The fourth-order valence-electron chi connectivity index (χ4n) is 2.59. The first-order valence-electron chi connectivity index (χ1n) is 9.62. The maximum atomic E-state index is 3.53. The summed E-state index contributed by atoms with van der Waals surface area (Å²) in [6, 6.07) is 0. The molecular weight excluding hydrogens is 272 g/mol. The minimum Gasteiger partial charge on any atom is -0.320 e. The van der Waals surface area contributed by atoms with Crippen LogP contribution < -0.4 is 21.3 Å². The summed E-state index contributed by atoms with van der Waals surface area (Å²) in [5, 5.41) is 13.5. The SMILES string of the molecule is CNCCCCCCCCNCCNCCCCCCNC. The Labute approximate surface area is 139 Å². The lowest BCUT2D eigenvalue weighted by molar-refractivity contribution is 0.539.